The minimum Gasteiger partial charge on any atom is -0.480 e. The van der Waals surface area contributed by atoms with Crippen molar-refractivity contribution < 1.29 is 14.7 Å². The molecule has 0 spiro atoms. The standard InChI is InChI=1S/C19H29N3O3/c1-15(2)22(14-19(24)25)13-18(23)20-11-16-5-7-17(8-6-16)12-21-9-3-4-10-21/h5-8,15H,3-4,9-14H2,1-2H3,(H,20,23)(H,24,25). The van der Waals surface area contributed by atoms with E-state index >= 15 is 0 Å². The van der Waals surface area contributed by atoms with Gasteiger partial charge in [0, 0.05) is 19.1 Å². The van der Waals surface area contributed by atoms with Crippen LogP contribution in [0.3, 0.4) is 0 Å². The molecule has 1 aromatic rings. The molecule has 0 radical (unpaired) electrons. The Morgan fingerprint density at radius 3 is 2.28 bits per heavy atom. The summed E-state index contributed by atoms with van der Waals surface area (Å²) in [5.41, 5.74) is 2.34. The molecule has 1 aromatic carbocycles. The summed E-state index contributed by atoms with van der Waals surface area (Å²) in [6.45, 7) is 7.55. The maximum Gasteiger partial charge on any atom is 0.317 e. The molecule has 0 saturated carbocycles. The van der Waals surface area contributed by atoms with Crippen LogP contribution < -0.4 is 5.32 Å². The molecule has 138 valence electrons. The minimum absolute atomic E-state index is 0.00622. The lowest BCUT2D eigenvalue weighted by atomic mass is 10.1. The number of hydrogen-bond acceptors (Lipinski definition) is 4. The quantitative estimate of drug-likeness (QED) is 0.711. The SMILES string of the molecule is CC(C)N(CC(=O)O)CC(=O)NCc1ccc(CN2CCCC2)cc1. The number of carbonyl (C=O) groups excluding carboxylic acids is 1. The fourth-order valence-electron chi connectivity index (χ4n) is 3.00. The highest BCUT2D eigenvalue weighted by molar-refractivity contribution is 5.79. The average molecular weight is 347 g/mol. The molecule has 1 saturated heterocycles. The van der Waals surface area contributed by atoms with E-state index in [2.05, 4.69) is 22.3 Å². The van der Waals surface area contributed by atoms with E-state index in [-0.39, 0.29) is 25.0 Å². The van der Waals surface area contributed by atoms with E-state index in [1.54, 1.807) is 4.90 Å². The van der Waals surface area contributed by atoms with Crippen molar-refractivity contribution in [1.29, 1.82) is 0 Å². The molecule has 2 rings (SSSR count). The monoisotopic (exact) mass is 347 g/mol. The first-order valence-corrected chi connectivity index (χ1v) is 8.97. The van der Waals surface area contributed by atoms with Crippen LogP contribution in [0, 0.1) is 0 Å². The molecule has 1 amide bonds. The van der Waals surface area contributed by atoms with Crippen molar-refractivity contribution in [3.63, 3.8) is 0 Å². The first-order chi connectivity index (χ1) is 11.9. The molecule has 0 aromatic heterocycles. The summed E-state index contributed by atoms with van der Waals surface area (Å²) in [5, 5.41) is 11.8. The van der Waals surface area contributed by atoms with Gasteiger partial charge in [-0.25, -0.2) is 0 Å². The lowest BCUT2D eigenvalue weighted by Gasteiger charge is -2.23. The number of nitrogens with one attached hydrogen (secondary N) is 1. The van der Waals surface area contributed by atoms with E-state index < -0.39 is 5.97 Å². The van der Waals surface area contributed by atoms with Gasteiger partial charge in [-0.3, -0.25) is 19.4 Å². The van der Waals surface area contributed by atoms with E-state index in [1.807, 2.05) is 26.0 Å². The van der Waals surface area contributed by atoms with E-state index in [4.69, 9.17) is 5.11 Å². The van der Waals surface area contributed by atoms with Gasteiger partial charge in [-0.1, -0.05) is 24.3 Å². The second-order valence-corrected chi connectivity index (χ2v) is 6.97. The van der Waals surface area contributed by atoms with Gasteiger partial charge in [0.15, 0.2) is 0 Å². The lowest BCUT2D eigenvalue weighted by Crippen LogP contribution is -2.43. The van der Waals surface area contributed by atoms with Gasteiger partial charge in [0.05, 0.1) is 13.1 Å². The van der Waals surface area contributed by atoms with Crippen molar-refractivity contribution >= 4 is 11.9 Å². The molecule has 25 heavy (non-hydrogen) atoms. The summed E-state index contributed by atoms with van der Waals surface area (Å²) < 4.78 is 0. The number of carboxylic acid groups (broad SMARTS) is 1. The molecule has 0 atom stereocenters. The van der Waals surface area contributed by atoms with E-state index in [1.165, 1.54) is 31.5 Å². The number of hydrogen-bond donors (Lipinski definition) is 2. The topological polar surface area (TPSA) is 72.9 Å². The van der Waals surface area contributed by atoms with Crippen LogP contribution in [0.1, 0.15) is 37.8 Å². The Morgan fingerprint density at radius 2 is 1.72 bits per heavy atom. The van der Waals surface area contributed by atoms with Crippen molar-refractivity contribution in [3.05, 3.63) is 35.4 Å². The predicted octanol–water partition coefficient (Wildman–Crippen LogP) is 1.69. The summed E-state index contributed by atoms with van der Waals surface area (Å²) in [6, 6.07) is 8.33. The molecule has 1 aliphatic rings. The van der Waals surface area contributed by atoms with Gasteiger partial charge in [-0.05, 0) is 50.9 Å². The van der Waals surface area contributed by atoms with Crippen LogP contribution in [0.5, 0.6) is 0 Å². The van der Waals surface area contributed by atoms with Gasteiger partial charge in [0.25, 0.3) is 0 Å². The van der Waals surface area contributed by atoms with Crippen LogP contribution in [0.4, 0.5) is 0 Å². The molecule has 0 aliphatic carbocycles. The number of carboxylic acids is 1. The molecule has 1 aliphatic heterocycles. The number of benzene rings is 1. The van der Waals surface area contributed by atoms with E-state index in [9.17, 15) is 9.59 Å². The summed E-state index contributed by atoms with van der Waals surface area (Å²) in [7, 11) is 0. The minimum atomic E-state index is -0.921. The zero-order valence-corrected chi connectivity index (χ0v) is 15.2. The molecule has 1 heterocycles. The van der Waals surface area contributed by atoms with Crippen LogP contribution in [-0.2, 0) is 22.7 Å². The normalized spacial score (nSPS) is 15.0. The second kappa shape index (κ2) is 9.53. The average Bonchev–Trinajstić information content (AvgIpc) is 3.06. The van der Waals surface area contributed by atoms with Crippen molar-refractivity contribution in [2.24, 2.45) is 0 Å². The van der Waals surface area contributed by atoms with Crippen molar-refractivity contribution in [3.8, 4) is 0 Å². The van der Waals surface area contributed by atoms with Gasteiger partial charge in [-0.2, -0.15) is 0 Å². The fraction of sp³-hybridized carbons (Fsp3) is 0.579. The van der Waals surface area contributed by atoms with Gasteiger partial charge >= 0.3 is 5.97 Å². The largest absolute Gasteiger partial charge is 0.480 e. The van der Waals surface area contributed by atoms with Gasteiger partial charge in [0.2, 0.25) is 5.91 Å². The third-order valence-electron chi connectivity index (χ3n) is 4.53. The van der Waals surface area contributed by atoms with Crippen LogP contribution >= 0.6 is 0 Å². The first kappa shape index (κ1) is 19.4. The second-order valence-electron chi connectivity index (χ2n) is 6.97. The van der Waals surface area contributed by atoms with Crippen molar-refractivity contribution in [2.45, 2.75) is 45.8 Å². The number of likely N-dealkylation sites (tertiary alicyclic amines) is 1. The third kappa shape index (κ3) is 6.84. The van der Waals surface area contributed by atoms with Crippen LogP contribution in [0.2, 0.25) is 0 Å². The fourth-order valence-corrected chi connectivity index (χ4v) is 3.00. The Labute approximate surface area is 149 Å². The van der Waals surface area contributed by atoms with E-state index in [0.717, 1.165) is 12.1 Å². The zero-order chi connectivity index (χ0) is 18.2. The van der Waals surface area contributed by atoms with Crippen LogP contribution in [-0.4, -0.2) is 59.0 Å². The summed E-state index contributed by atoms with van der Waals surface area (Å²) in [5.74, 6) is -1.08. The number of rotatable bonds is 9. The molecule has 0 bridgehead atoms. The Morgan fingerprint density at radius 1 is 1.12 bits per heavy atom. The summed E-state index contributed by atoms with van der Waals surface area (Å²) in [6.07, 6.45) is 2.58. The van der Waals surface area contributed by atoms with Gasteiger partial charge < -0.3 is 10.4 Å². The van der Waals surface area contributed by atoms with Crippen molar-refractivity contribution in [2.75, 3.05) is 26.2 Å². The Balaban J connectivity index is 1.77. The Kier molecular flexibility index (Phi) is 7.40. The highest BCUT2D eigenvalue weighted by Crippen LogP contribution is 2.13. The molecular formula is C19H29N3O3. The highest BCUT2D eigenvalue weighted by Gasteiger charge is 2.17. The molecule has 1 fully saturated rings. The zero-order valence-electron chi connectivity index (χ0n) is 15.2. The smallest absolute Gasteiger partial charge is 0.317 e. The number of aliphatic carboxylic acids is 1. The molecule has 6 nitrogen and oxygen atoms in total. The molecule has 0 unspecified atom stereocenters. The summed E-state index contributed by atoms with van der Waals surface area (Å²) >= 11 is 0. The Hall–Kier alpha value is -1.92. The maximum absolute atomic E-state index is 12.1. The number of nitrogens with zero attached hydrogens (tertiary/aromatic N) is 2. The van der Waals surface area contributed by atoms with Crippen molar-refractivity contribution in [1.82, 2.24) is 15.1 Å². The van der Waals surface area contributed by atoms with Crippen LogP contribution in [0.15, 0.2) is 24.3 Å². The molecule has 2 N–H and O–H groups in total. The predicted molar refractivity (Wildman–Crippen MR) is 97.1 cm³/mol. The first-order valence-electron chi connectivity index (χ1n) is 8.97. The maximum atomic E-state index is 12.1. The Bertz CT molecular complexity index is 566. The summed E-state index contributed by atoms with van der Waals surface area (Å²) in [4.78, 5) is 27.0. The van der Waals surface area contributed by atoms with E-state index in [0.29, 0.717) is 6.54 Å². The molecule has 6 heteroatoms. The lowest BCUT2D eigenvalue weighted by molar-refractivity contribution is -0.139. The van der Waals surface area contributed by atoms with Gasteiger partial charge in [0.1, 0.15) is 0 Å². The number of carbonyl (C=O) groups is 2. The van der Waals surface area contributed by atoms with Gasteiger partial charge in [-0.15, -0.1) is 0 Å². The number of amides is 1. The third-order valence-corrected chi connectivity index (χ3v) is 4.53. The molecular weight excluding hydrogens is 318 g/mol. The highest BCUT2D eigenvalue weighted by atomic mass is 16.4. The van der Waals surface area contributed by atoms with Crippen LogP contribution in [0.25, 0.3) is 0 Å².